The van der Waals surface area contributed by atoms with Gasteiger partial charge in [-0.05, 0) is 49.7 Å². The number of nitrogens with zero attached hydrogens (tertiary/aromatic N) is 2. The first-order chi connectivity index (χ1) is 11.2. The second kappa shape index (κ2) is 6.65. The summed E-state index contributed by atoms with van der Waals surface area (Å²) >= 11 is 0. The van der Waals surface area contributed by atoms with E-state index in [0.717, 1.165) is 30.0 Å². The highest BCUT2D eigenvalue weighted by Crippen LogP contribution is 2.31. The molecule has 0 spiro atoms. The molecule has 1 N–H and O–H groups in total. The lowest BCUT2D eigenvalue weighted by molar-refractivity contribution is -0.115. The number of aliphatic imine (C=N–C) groups is 1. The average molecular weight is 307 g/mol. The van der Waals surface area contributed by atoms with Crippen molar-refractivity contribution >= 4 is 29.2 Å². The molecule has 0 saturated heterocycles. The molecule has 1 heterocycles. The number of carbonyl (C=O) groups is 1. The summed E-state index contributed by atoms with van der Waals surface area (Å²) in [6, 6.07) is 15.9. The second-order valence-electron chi connectivity index (χ2n) is 5.52. The number of hydrogen-bond acceptors (Lipinski definition) is 3. The van der Waals surface area contributed by atoms with Gasteiger partial charge in [0.1, 0.15) is 5.92 Å². The SMILES string of the molecule is CCN(CC)c1ccc(N=CC2C(=O)Nc3ccccc32)cc1. The van der Waals surface area contributed by atoms with Gasteiger partial charge in [-0.25, -0.2) is 0 Å². The summed E-state index contributed by atoms with van der Waals surface area (Å²) in [7, 11) is 0. The second-order valence-corrected chi connectivity index (χ2v) is 5.52. The van der Waals surface area contributed by atoms with Crippen LogP contribution < -0.4 is 10.2 Å². The first-order valence-corrected chi connectivity index (χ1v) is 8.02. The molecule has 2 aromatic carbocycles. The maximum atomic E-state index is 12.1. The summed E-state index contributed by atoms with van der Waals surface area (Å²) in [6.45, 7) is 6.26. The van der Waals surface area contributed by atoms with Crippen molar-refractivity contribution in [3.05, 3.63) is 54.1 Å². The Labute approximate surface area is 136 Å². The van der Waals surface area contributed by atoms with Crippen molar-refractivity contribution in [1.29, 1.82) is 0 Å². The van der Waals surface area contributed by atoms with Crippen LogP contribution in [0.2, 0.25) is 0 Å². The monoisotopic (exact) mass is 307 g/mol. The average Bonchev–Trinajstić information content (AvgIpc) is 2.90. The first-order valence-electron chi connectivity index (χ1n) is 8.02. The van der Waals surface area contributed by atoms with E-state index >= 15 is 0 Å². The predicted molar refractivity (Wildman–Crippen MR) is 96.0 cm³/mol. The molecular weight excluding hydrogens is 286 g/mol. The molecule has 0 aliphatic carbocycles. The van der Waals surface area contributed by atoms with Gasteiger partial charge in [0, 0.05) is 30.7 Å². The Hall–Kier alpha value is -2.62. The van der Waals surface area contributed by atoms with Crippen LogP contribution in [-0.4, -0.2) is 25.2 Å². The summed E-state index contributed by atoms with van der Waals surface area (Å²) < 4.78 is 0. The summed E-state index contributed by atoms with van der Waals surface area (Å²) in [5, 5.41) is 2.89. The van der Waals surface area contributed by atoms with Crippen molar-refractivity contribution in [3.8, 4) is 0 Å². The van der Waals surface area contributed by atoms with Gasteiger partial charge in [-0.15, -0.1) is 0 Å². The molecule has 0 radical (unpaired) electrons. The van der Waals surface area contributed by atoms with Gasteiger partial charge < -0.3 is 10.2 Å². The number of benzene rings is 2. The Bertz CT molecular complexity index is 718. The predicted octanol–water partition coefficient (Wildman–Crippen LogP) is 3.97. The van der Waals surface area contributed by atoms with E-state index in [1.54, 1.807) is 6.21 Å². The first kappa shape index (κ1) is 15.3. The Morgan fingerprint density at radius 1 is 1.09 bits per heavy atom. The quantitative estimate of drug-likeness (QED) is 0.849. The van der Waals surface area contributed by atoms with Gasteiger partial charge in [-0.1, -0.05) is 18.2 Å². The molecule has 0 saturated carbocycles. The maximum absolute atomic E-state index is 12.1. The van der Waals surface area contributed by atoms with Crippen LogP contribution in [0.15, 0.2) is 53.5 Å². The molecule has 0 fully saturated rings. The number of anilines is 2. The van der Waals surface area contributed by atoms with E-state index in [2.05, 4.69) is 41.2 Å². The Balaban J connectivity index is 1.77. The van der Waals surface area contributed by atoms with E-state index < -0.39 is 0 Å². The molecule has 118 valence electrons. The molecule has 1 aliphatic rings. The zero-order valence-corrected chi connectivity index (χ0v) is 13.5. The highest BCUT2D eigenvalue weighted by Gasteiger charge is 2.28. The molecule has 2 aromatic rings. The third kappa shape index (κ3) is 3.11. The Kier molecular flexibility index (Phi) is 4.42. The molecule has 1 amide bonds. The number of rotatable bonds is 5. The van der Waals surface area contributed by atoms with Crippen LogP contribution in [-0.2, 0) is 4.79 Å². The van der Waals surface area contributed by atoms with Crippen LogP contribution in [0.4, 0.5) is 17.1 Å². The van der Waals surface area contributed by atoms with Gasteiger partial charge in [0.05, 0.1) is 5.69 Å². The lowest BCUT2D eigenvalue weighted by Crippen LogP contribution is -2.21. The number of amides is 1. The number of carbonyl (C=O) groups excluding carboxylic acids is 1. The summed E-state index contributed by atoms with van der Waals surface area (Å²) in [5.74, 6) is -0.330. The van der Waals surface area contributed by atoms with Crippen molar-refractivity contribution in [2.75, 3.05) is 23.3 Å². The molecule has 3 rings (SSSR count). The zero-order chi connectivity index (χ0) is 16.2. The highest BCUT2D eigenvalue weighted by molar-refractivity contribution is 6.12. The number of hydrogen-bond donors (Lipinski definition) is 1. The minimum atomic E-state index is -0.311. The number of fused-ring (bicyclic) bond motifs is 1. The number of para-hydroxylation sites is 1. The maximum Gasteiger partial charge on any atom is 0.237 e. The van der Waals surface area contributed by atoms with Crippen molar-refractivity contribution in [2.24, 2.45) is 4.99 Å². The summed E-state index contributed by atoms with van der Waals surface area (Å²) in [6.07, 6.45) is 1.73. The largest absolute Gasteiger partial charge is 0.372 e. The van der Waals surface area contributed by atoms with Gasteiger partial charge in [0.25, 0.3) is 0 Å². The van der Waals surface area contributed by atoms with Gasteiger partial charge in [0.15, 0.2) is 0 Å². The van der Waals surface area contributed by atoms with Crippen LogP contribution in [0.3, 0.4) is 0 Å². The fourth-order valence-electron chi connectivity index (χ4n) is 2.88. The summed E-state index contributed by atoms with van der Waals surface area (Å²) in [4.78, 5) is 18.8. The number of nitrogens with one attached hydrogen (secondary N) is 1. The van der Waals surface area contributed by atoms with E-state index in [1.165, 1.54) is 5.69 Å². The van der Waals surface area contributed by atoms with Crippen molar-refractivity contribution in [2.45, 2.75) is 19.8 Å². The van der Waals surface area contributed by atoms with E-state index in [-0.39, 0.29) is 11.8 Å². The minimum Gasteiger partial charge on any atom is -0.372 e. The normalized spacial score (nSPS) is 16.4. The van der Waals surface area contributed by atoms with Gasteiger partial charge >= 0.3 is 0 Å². The molecule has 1 aliphatic heterocycles. The van der Waals surface area contributed by atoms with Crippen molar-refractivity contribution in [1.82, 2.24) is 0 Å². The van der Waals surface area contributed by atoms with Crippen LogP contribution in [0.25, 0.3) is 0 Å². The molecule has 0 bridgehead atoms. The molecule has 4 nitrogen and oxygen atoms in total. The van der Waals surface area contributed by atoms with Gasteiger partial charge in [0.2, 0.25) is 5.91 Å². The molecule has 23 heavy (non-hydrogen) atoms. The van der Waals surface area contributed by atoms with E-state index in [4.69, 9.17) is 0 Å². The van der Waals surface area contributed by atoms with E-state index in [9.17, 15) is 4.79 Å². The highest BCUT2D eigenvalue weighted by atomic mass is 16.2. The lowest BCUT2D eigenvalue weighted by atomic mass is 10.0. The van der Waals surface area contributed by atoms with Crippen LogP contribution in [0, 0.1) is 0 Å². The Morgan fingerprint density at radius 2 is 1.78 bits per heavy atom. The third-order valence-corrected chi connectivity index (χ3v) is 4.19. The Morgan fingerprint density at radius 3 is 2.48 bits per heavy atom. The smallest absolute Gasteiger partial charge is 0.237 e. The lowest BCUT2D eigenvalue weighted by Gasteiger charge is -2.20. The topological polar surface area (TPSA) is 44.7 Å². The fourth-order valence-corrected chi connectivity index (χ4v) is 2.88. The van der Waals surface area contributed by atoms with Gasteiger partial charge in [-0.2, -0.15) is 0 Å². The molecule has 4 heteroatoms. The van der Waals surface area contributed by atoms with Crippen molar-refractivity contribution in [3.63, 3.8) is 0 Å². The van der Waals surface area contributed by atoms with Crippen LogP contribution in [0.1, 0.15) is 25.3 Å². The van der Waals surface area contributed by atoms with Crippen LogP contribution in [0.5, 0.6) is 0 Å². The summed E-state index contributed by atoms with van der Waals surface area (Å²) in [5.41, 5.74) is 3.92. The molecular formula is C19H21N3O. The van der Waals surface area contributed by atoms with Crippen molar-refractivity contribution < 1.29 is 4.79 Å². The molecule has 1 unspecified atom stereocenters. The zero-order valence-electron chi connectivity index (χ0n) is 13.5. The molecule has 0 aromatic heterocycles. The minimum absolute atomic E-state index is 0.0188. The van der Waals surface area contributed by atoms with Crippen LogP contribution >= 0.6 is 0 Å². The van der Waals surface area contributed by atoms with Gasteiger partial charge in [-0.3, -0.25) is 9.79 Å². The standard InChI is InChI=1S/C19H21N3O/c1-3-22(4-2)15-11-9-14(10-12-15)20-13-17-16-7-5-6-8-18(16)21-19(17)23/h5-13,17H,3-4H2,1-2H3,(H,21,23). The third-order valence-electron chi connectivity index (χ3n) is 4.19. The molecule has 1 atom stereocenters. The fraction of sp³-hybridized carbons (Fsp3) is 0.263. The van der Waals surface area contributed by atoms with E-state index in [0.29, 0.717) is 0 Å². The van der Waals surface area contributed by atoms with E-state index in [1.807, 2.05) is 36.4 Å².